The standard InChI is InChI=1S/C11H19NO3/c1-9(11(12)14)7-5-3-4-6-8-15-10(2)13/h1,3-8H2,2H3,(H2,12,14). The van der Waals surface area contributed by atoms with E-state index in [0.717, 1.165) is 25.7 Å². The first kappa shape index (κ1) is 13.7. The number of ether oxygens (including phenoxy) is 1. The van der Waals surface area contributed by atoms with Gasteiger partial charge in [-0.2, -0.15) is 0 Å². The fraction of sp³-hybridized carbons (Fsp3) is 0.636. The van der Waals surface area contributed by atoms with Crippen LogP contribution in [0, 0.1) is 0 Å². The third-order valence-corrected chi connectivity index (χ3v) is 2.03. The van der Waals surface area contributed by atoms with Crippen molar-refractivity contribution in [3.05, 3.63) is 12.2 Å². The van der Waals surface area contributed by atoms with Gasteiger partial charge in [-0.3, -0.25) is 9.59 Å². The van der Waals surface area contributed by atoms with Crippen LogP contribution in [0.1, 0.15) is 39.0 Å². The van der Waals surface area contributed by atoms with Crippen LogP contribution in [0.15, 0.2) is 12.2 Å². The molecule has 0 bridgehead atoms. The fourth-order valence-electron chi connectivity index (χ4n) is 1.13. The molecule has 0 atom stereocenters. The zero-order valence-electron chi connectivity index (χ0n) is 9.25. The SMILES string of the molecule is C=C(CCCCCCOC(C)=O)C(N)=O. The Balaban J connectivity index is 3.22. The topological polar surface area (TPSA) is 69.4 Å². The summed E-state index contributed by atoms with van der Waals surface area (Å²) in [6.07, 6.45) is 4.40. The van der Waals surface area contributed by atoms with Crippen LogP contribution in [0.3, 0.4) is 0 Å². The van der Waals surface area contributed by atoms with Gasteiger partial charge >= 0.3 is 5.97 Å². The number of carbonyl (C=O) groups is 2. The minimum absolute atomic E-state index is 0.239. The molecule has 2 N–H and O–H groups in total. The van der Waals surface area contributed by atoms with Crippen molar-refractivity contribution in [2.75, 3.05) is 6.61 Å². The smallest absolute Gasteiger partial charge is 0.302 e. The summed E-state index contributed by atoms with van der Waals surface area (Å²) in [6.45, 7) is 5.45. The van der Waals surface area contributed by atoms with Crippen molar-refractivity contribution in [2.45, 2.75) is 39.0 Å². The average Bonchev–Trinajstić information content (AvgIpc) is 2.15. The van der Waals surface area contributed by atoms with Crippen LogP contribution in [-0.2, 0) is 14.3 Å². The molecule has 0 fully saturated rings. The molecule has 0 aromatic rings. The quantitative estimate of drug-likeness (QED) is 0.378. The molecule has 0 saturated heterocycles. The third-order valence-electron chi connectivity index (χ3n) is 2.03. The van der Waals surface area contributed by atoms with E-state index in [4.69, 9.17) is 10.5 Å². The molecule has 0 aromatic heterocycles. The monoisotopic (exact) mass is 213 g/mol. The minimum atomic E-state index is -0.421. The van der Waals surface area contributed by atoms with Crippen LogP contribution in [0.25, 0.3) is 0 Å². The summed E-state index contributed by atoms with van der Waals surface area (Å²) in [6, 6.07) is 0. The lowest BCUT2D eigenvalue weighted by atomic mass is 10.1. The fourth-order valence-corrected chi connectivity index (χ4v) is 1.13. The molecule has 0 radical (unpaired) electrons. The van der Waals surface area contributed by atoms with Crippen LogP contribution in [0.5, 0.6) is 0 Å². The molecule has 15 heavy (non-hydrogen) atoms. The van der Waals surface area contributed by atoms with Crippen molar-refractivity contribution in [1.29, 1.82) is 0 Å². The molecule has 0 aliphatic rings. The summed E-state index contributed by atoms with van der Waals surface area (Å²) in [5.41, 5.74) is 5.52. The van der Waals surface area contributed by atoms with Gasteiger partial charge in [0.05, 0.1) is 6.61 Å². The Bertz CT molecular complexity index is 236. The lowest BCUT2D eigenvalue weighted by Crippen LogP contribution is -2.12. The van der Waals surface area contributed by atoms with Crippen LogP contribution < -0.4 is 5.73 Å². The van der Waals surface area contributed by atoms with E-state index < -0.39 is 5.91 Å². The zero-order valence-corrected chi connectivity index (χ0v) is 9.25. The number of hydrogen-bond acceptors (Lipinski definition) is 3. The van der Waals surface area contributed by atoms with E-state index in [1.54, 1.807) is 0 Å². The summed E-state index contributed by atoms with van der Waals surface area (Å²) in [5, 5.41) is 0. The summed E-state index contributed by atoms with van der Waals surface area (Å²) in [7, 11) is 0. The summed E-state index contributed by atoms with van der Waals surface area (Å²) in [5.74, 6) is -0.660. The summed E-state index contributed by atoms with van der Waals surface area (Å²) < 4.78 is 4.78. The molecule has 1 amide bonds. The molecular formula is C11H19NO3. The van der Waals surface area contributed by atoms with Gasteiger partial charge in [-0.15, -0.1) is 0 Å². The number of esters is 1. The first-order valence-corrected chi connectivity index (χ1v) is 5.15. The Morgan fingerprint density at radius 1 is 1.20 bits per heavy atom. The highest BCUT2D eigenvalue weighted by atomic mass is 16.5. The van der Waals surface area contributed by atoms with E-state index in [-0.39, 0.29) is 5.97 Å². The molecule has 0 rings (SSSR count). The number of primary amides is 1. The Morgan fingerprint density at radius 2 is 1.80 bits per heavy atom. The molecule has 0 heterocycles. The Labute approximate surface area is 90.5 Å². The first-order valence-electron chi connectivity index (χ1n) is 5.15. The second kappa shape index (κ2) is 8.03. The first-order chi connectivity index (χ1) is 7.04. The van der Waals surface area contributed by atoms with Crippen molar-refractivity contribution >= 4 is 11.9 Å². The number of amides is 1. The number of unbranched alkanes of at least 4 members (excludes halogenated alkanes) is 3. The molecule has 0 aromatic carbocycles. The molecule has 0 spiro atoms. The van der Waals surface area contributed by atoms with E-state index in [9.17, 15) is 9.59 Å². The molecule has 0 unspecified atom stereocenters. The van der Waals surface area contributed by atoms with Crippen molar-refractivity contribution in [3.63, 3.8) is 0 Å². The predicted molar refractivity (Wildman–Crippen MR) is 58.1 cm³/mol. The maximum atomic E-state index is 10.6. The van der Waals surface area contributed by atoms with Gasteiger partial charge in [-0.1, -0.05) is 19.4 Å². The second-order valence-electron chi connectivity index (χ2n) is 3.47. The third kappa shape index (κ3) is 9.00. The predicted octanol–water partition coefficient (Wildman–Crippen LogP) is 1.54. The van der Waals surface area contributed by atoms with E-state index in [1.165, 1.54) is 6.92 Å². The molecule has 86 valence electrons. The van der Waals surface area contributed by atoms with Crippen molar-refractivity contribution in [1.82, 2.24) is 0 Å². The maximum absolute atomic E-state index is 10.6. The number of carbonyl (C=O) groups excluding carboxylic acids is 2. The molecule has 0 saturated carbocycles. The average molecular weight is 213 g/mol. The summed E-state index contributed by atoms with van der Waals surface area (Å²) in [4.78, 5) is 21.0. The lowest BCUT2D eigenvalue weighted by Gasteiger charge is -2.02. The van der Waals surface area contributed by atoms with Crippen molar-refractivity contribution in [2.24, 2.45) is 5.73 Å². The lowest BCUT2D eigenvalue weighted by molar-refractivity contribution is -0.141. The highest BCUT2D eigenvalue weighted by Gasteiger charge is 2.00. The minimum Gasteiger partial charge on any atom is -0.466 e. The zero-order chi connectivity index (χ0) is 11.7. The molecule has 0 aliphatic heterocycles. The van der Waals surface area contributed by atoms with Gasteiger partial charge in [0.2, 0.25) is 5.91 Å². The second-order valence-corrected chi connectivity index (χ2v) is 3.47. The van der Waals surface area contributed by atoms with Crippen LogP contribution in [-0.4, -0.2) is 18.5 Å². The van der Waals surface area contributed by atoms with Gasteiger partial charge in [-0.25, -0.2) is 0 Å². The normalized spacial score (nSPS) is 9.67. The van der Waals surface area contributed by atoms with Gasteiger partial charge in [0.25, 0.3) is 0 Å². The Hall–Kier alpha value is -1.32. The largest absolute Gasteiger partial charge is 0.466 e. The van der Waals surface area contributed by atoms with Crippen LogP contribution in [0.4, 0.5) is 0 Å². The molecule has 4 heteroatoms. The van der Waals surface area contributed by atoms with E-state index in [2.05, 4.69) is 6.58 Å². The van der Waals surface area contributed by atoms with Gasteiger partial charge < -0.3 is 10.5 Å². The number of rotatable bonds is 8. The maximum Gasteiger partial charge on any atom is 0.302 e. The van der Waals surface area contributed by atoms with Gasteiger partial charge in [-0.05, 0) is 19.3 Å². The number of nitrogens with two attached hydrogens (primary N) is 1. The van der Waals surface area contributed by atoms with Gasteiger partial charge in [0, 0.05) is 12.5 Å². The van der Waals surface area contributed by atoms with Gasteiger partial charge in [0.1, 0.15) is 0 Å². The van der Waals surface area contributed by atoms with Crippen LogP contribution >= 0.6 is 0 Å². The summed E-state index contributed by atoms with van der Waals surface area (Å²) >= 11 is 0. The Kier molecular flexibility index (Phi) is 7.32. The van der Waals surface area contributed by atoms with Crippen LogP contribution in [0.2, 0.25) is 0 Å². The van der Waals surface area contributed by atoms with E-state index in [0.29, 0.717) is 18.6 Å². The molecule has 0 aliphatic carbocycles. The highest BCUT2D eigenvalue weighted by Crippen LogP contribution is 2.08. The highest BCUT2D eigenvalue weighted by molar-refractivity contribution is 5.91. The van der Waals surface area contributed by atoms with Gasteiger partial charge in [0.15, 0.2) is 0 Å². The van der Waals surface area contributed by atoms with E-state index in [1.807, 2.05) is 0 Å². The molecule has 4 nitrogen and oxygen atoms in total. The Morgan fingerprint density at radius 3 is 2.33 bits per heavy atom. The van der Waals surface area contributed by atoms with E-state index >= 15 is 0 Å². The van der Waals surface area contributed by atoms with Crippen molar-refractivity contribution < 1.29 is 14.3 Å². The van der Waals surface area contributed by atoms with Crippen molar-refractivity contribution in [3.8, 4) is 0 Å². The number of hydrogen-bond donors (Lipinski definition) is 1. The molecular weight excluding hydrogens is 194 g/mol.